The number of ether oxygens (including phenoxy) is 4. The standard InChI is InChI=1S/C30H30Cl2N2O6S/c1-7-11-39-27-20(31)12-18(13-21(27)32)14-24-28(35)34-26(19-9-10-22(40-16(3)4)23(15-19)37-6)25(29(36)38-8-2)17(5)33-30(34)41-24/h7,9-10,12-16,26H,1,8,11H2,2-6H3/b24-14-/t26-/m0/s1. The van der Waals surface area contributed by atoms with Gasteiger partial charge in [-0.3, -0.25) is 9.36 Å². The molecule has 1 aliphatic rings. The number of methoxy groups -OCH3 is 1. The van der Waals surface area contributed by atoms with Crippen molar-refractivity contribution in [2.24, 2.45) is 4.99 Å². The van der Waals surface area contributed by atoms with Gasteiger partial charge in [-0.1, -0.05) is 53.3 Å². The molecule has 11 heteroatoms. The third kappa shape index (κ3) is 6.37. The second-order valence-corrected chi connectivity index (χ2v) is 11.1. The molecule has 4 rings (SSSR count). The maximum Gasteiger partial charge on any atom is 0.338 e. The summed E-state index contributed by atoms with van der Waals surface area (Å²) in [6.07, 6.45) is 3.19. The van der Waals surface area contributed by atoms with Crippen LogP contribution < -0.4 is 29.1 Å². The molecule has 0 amide bonds. The third-order valence-electron chi connectivity index (χ3n) is 6.05. The van der Waals surface area contributed by atoms with Crippen LogP contribution >= 0.6 is 34.5 Å². The normalized spacial score (nSPS) is 14.9. The van der Waals surface area contributed by atoms with E-state index in [-0.39, 0.29) is 30.5 Å². The first-order valence-corrected chi connectivity index (χ1v) is 14.4. The Hall–Kier alpha value is -3.53. The van der Waals surface area contributed by atoms with Crippen molar-refractivity contribution >= 4 is 46.6 Å². The molecular weight excluding hydrogens is 587 g/mol. The smallest absolute Gasteiger partial charge is 0.338 e. The summed E-state index contributed by atoms with van der Waals surface area (Å²) in [5.74, 6) is 0.800. The summed E-state index contributed by atoms with van der Waals surface area (Å²) in [6.45, 7) is 11.3. The Morgan fingerprint density at radius 1 is 1.20 bits per heavy atom. The maximum absolute atomic E-state index is 13.9. The second kappa shape index (κ2) is 13.0. The number of hydrogen-bond donors (Lipinski definition) is 0. The third-order valence-corrected chi connectivity index (χ3v) is 7.59. The molecule has 0 saturated carbocycles. The SMILES string of the molecule is C=CCOc1c(Cl)cc(/C=c2\sc3n(c2=O)[C@@H](c2ccc(OC(C)C)c(OC)c2)C(C(=O)OCC)=C(C)N=3)cc1Cl. The quantitative estimate of drug-likeness (QED) is 0.222. The summed E-state index contributed by atoms with van der Waals surface area (Å²) in [5, 5.41) is 0.597. The molecule has 0 aliphatic carbocycles. The Labute approximate surface area is 251 Å². The minimum Gasteiger partial charge on any atom is -0.493 e. The van der Waals surface area contributed by atoms with E-state index in [0.717, 1.165) is 0 Å². The molecule has 0 spiro atoms. The predicted octanol–water partition coefficient (Wildman–Crippen LogP) is 5.47. The van der Waals surface area contributed by atoms with Gasteiger partial charge in [0, 0.05) is 0 Å². The van der Waals surface area contributed by atoms with Crippen LogP contribution in [-0.2, 0) is 9.53 Å². The number of nitrogens with zero attached hydrogens (tertiary/aromatic N) is 2. The lowest BCUT2D eigenvalue weighted by atomic mass is 9.95. The Kier molecular flexibility index (Phi) is 9.63. The van der Waals surface area contributed by atoms with E-state index in [1.807, 2.05) is 19.9 Å². The highest BCUT2D eigenvalue weighted by molar-refractivity contribution is 7.07. The number of fused-ring (bicyclic) bond motifs is 1. The fourth-order valence-electron chi connectivity index (χ4n) is 4.41. The number of benzene rings is 2. The number of aromatic nitrogens is 1. The molecule has 2 aromatic carbocycles. The van der Waals surface area contributed by atoms with Gasteiger partial charge in [-0.15, -0.1) is 0 Å². The van der Waals surface area contributed by atoms with Gasteiger partial charge in [0.2, 0.25) is 0 Å². The highest BCUT2D eigenvalue weighted by Crippen LogP contribution is 2.37. The van der Waals surface area contributed by atoms with Crippen molar-refractivity contribution in [3.05, 3.63) is 95.1 Å². The highest BCUT2D eigenvalue weighted by atomic mass is 35.5. The van der Waals surface area contributed by atoms with Gasteiger partial charge in [0.15, 0.2) is 22.0 Å². The van der Waals surface area contributed by atoms with Crippen molar-refractivity contribution in [2.45, 2.75) is 39.8 Å². The molecule has 216 valence electrons. The number of carbonyl (C=O) groups excluding carboxylic acids is 1. The Morgan fingerprint density at radius 3 is 2.51 bits per heavy atom. The fourth-order valence-corrected chi connectivity index (χ4v) is 6.07. The van der Waals surface area contributed by atoms with Crippen LogP contribution in [0.4, 0.5) is 0 Å². The van der Waals surface area contributed by atoms with E-state index in [1.54, 1.807) is 50.3 Å². The molecule has 41 heavy (non-hydrogen) atoms. The van der Waals surface area contributed by atoms with Crippen molar-refractivity contribution < 1.29 is 23.7 Å². The van der Waals surface area contributed by atoms with Crippen LogP contribution in [0, 0.1) is 0 Å². The molecule has 1 aromatic heterocycles. The average molecular weight is 618 g/mol. The predicted molar refractivity (Wildman–Crippen MR) is 161 cm³/mol. The fraction of sp³-hybridized carbons (Fsp3) is 0.300. The number of thiazole rings is 1. The number of rotatable bonds is 10. The van der Waals surface area contributed by atoms with Crippen molar-refractivity contribution in [1.29, 1.82) is 0 Å². The zero-order valence-electron chi connectivity index (χ0n) is 23.3. The molecular formula is C30H30Cl2N2O6S. The van der Waals surface area contributed by atoms with Crippen LogP contribution in [0.5, 0.6) is 17.2 Å². The molecule has 0 unspecified atom stereocenters. The van der Waals surface area contributed by atoms with E-state index >= 15 is 0 Å². The number of carbonyl (C=O) groups is 1. The number of halogens is 2. The lowest BCUT2D eigenvalue weighted by molar-refractivity contribution is -0.139. The summed E-state index contributed by atoms with van der Waals surface area (Å²) in [7, 11) is 1.54. The van der Waals surface area contributed by atoms with Gasteiger partial charge in [0.1, 0.15) is 6.61 Å². The molecule has 2 heterocycles. The summed E-state index contributed by atoms with van der Waals surface area (Å²) < 4.78 is 24.3. The number of allylic oxidation sites excluding steroid dienone is 1. The van der Waals surface area contributed by atoms with Crippen LogP contribution in [0.15, 0.2) is 64.0 Å². The number of hydrogen-bond acceptors (Lipinski definition) is 8. The van der Waals surface area contributed by atoms with Crippen molar-refractivity contribution in [3.63, 3.8) is 0 Å². The Bertz CT molecular complexity index is 1680. The van der Waals surface area contributed by atoms with E-state index < -0.39 is 12.0 Å². The van der Waals surface area contributed by atoms with Crippen LogP contribution in [0.2, 0.25) is 10.0 Å². The maximum atomic E-state index is 13.9. The molecule has 1 atom stereocenters. The van der Waals surface area contributed by atoms with Gasteiger partial charge in [-0.2, -0.15) is 0 Å². The topological polar surface area (TPSA) is 88.3 Å². The van der Waals surface area contributed by atoms with E-state index in [1.165, 1.54) is 23.0 Å². The lowest BCUT2D eigenvalue weighted by Gasteiger charge is -2.25. The molecule has 0 radical (unpaired) electrons. The summed E-state index contributed by atoms with van der Waals surface area (Å²) >= 11 is 14.0. The van der Waals surface area contributed by atoms with E-state index in [0.29, 0.717) is 53.5 Å². The van der Waals surface area contributed by atoms with Gasteiger partial charge in [-0.05, 0) is 69.2 Å². The second-order valence-electron chi connectivity index (χ2n) is 9.29. The van der Waals surface area contributed by atoms with E-state index in [4.69, 9.17) is 42.1 Å². The minimum atomic E-state index is -0.809. The van der Waals surface area contributed by atoms with Crippen LogP contribution in [0.3, 0.4) is 0 Å². The van der Waals surface area contributed by atoms with Crippen molar-refractivity contribution in [3.8, 4) is 17.2 Å². The van der Waals surface area contributed by atoms with Crippen LogP contribution in [0.25, 0.3) is 6.08 Å². The summed E-state index contributed by atoms with van der Waals surface area (Å²) in [4.78, 5) is 32.2. The first kappa shape index (κ1) is 30.4. The summed E-state index contributed by atoms with van der Waals surface area (Å²) in [6, 6.07) is 7.85. The zero-order chi connectivity index (χ0) is 29.8. The monoisotopic (exact) mass is 616 g/mol. The highest BCUT2D eigenvalue weighted by Gasteiger charge is 2.34. The van der Waals surface area contributed by atoms with E-state index in [9.17, 15) is 9.59 Å². The molecule has 8 nitrogen and oxygen atoms in total. The van der Waals surface area contributed by atoms with Gasteiger partial charge < -0.3 is 18.9 Å². The van der Waals surface area contributed by atoms with Crippen molar-refractivity contribution in [2.75, 3.05) is 20.3 Å². The molecule has 0 N–H and O–H groups in total. The zero-order valence-corrected chi connectivity index (χ0v) is 25.7. The lowest BCUT2D eigenvalue weighted by Crippen LogP contribution is -2.40. The van der Waals surface area contributed by atoms with Gasteiger partial charge in [-0.25, -0.2) is 9.79 Å². The van der Waals surface area contributed by atoms with Crippen LogP contribution in [0.1, 0.15) is 44.9 Å². The Morgan fingerprint density at radius 2 is 1.90 bits per heavy atom. The van der Waals surface area contributed by atoms with Gasteiger partial charge >= 0.3 is 5.97 Å². The van der Waals surface area contributed by atoms with Gasteiger partial charge in [0.25, 0.3) is 5.56 Å². The Balaban J connectivity index is 1.91. The number of esters is 1. The molecule has 0 bridgehead atoms. The van der Waals surface area contributed by atoms with E-state index in [2.05, 4.69) is 11.6 Å². The first-order chi connectivity index (χ1) is 19.6. The summed E-state index contributed by atoms with van der Waals surface area (Å²) in [5.41, 5.74) is 1.62. The molecule has 0 fully saturated rings. The largest absolute Gasteiger partial charge is 0.493 e. The van der Waals surface area contributed by atoms with Crippen molar-refractivity contribution in [1.82, 2.24) is 4.57 Å². The molecule has 3 aromatic rings. The van der Waals surface area contributed by atoms with Crippen LogP contribution in [-0.4, -0.2) is 37.0 Å². The average Bonchev–Trinajstić information content (AvgIpc) is 3.21. The molecule has 1 aliphatic heterocycles. The van der Waals surface area contributed by atoms with Gasteiger partial charge in [0.05, 0.1) is 51.7 Å². The minimum absolute atomic E-state index is 0.0747. The first-order valence-electron chi connectivity index (χ1n) is 12.9. The molecule has 0 saturated heterocycles.